The maximum atomic E-state index is 14.1. The molecule has 0 radical (unpaired) electrons. The fourth-order valence-corrected chi connectivity index (χ4v) is 2.36. The molecule has 1 unspecified atom stereocenters. The molecule has 108 valence electrons. The monoisotopic (exact) mass is 267 g/mol. The highest BCUT2D eigenvalue weighted by molar-refractivity contribution is 5.37. The second-order valence-corrected chi connectivity index (χ2v) is 5.29. The van der Waals surface area contributed by atoms with Crippen LogP contribution in [0.3, 0.4) is 0 Å². The molecule has 1 atom stereocenters. The van der Waals surface area contributed by atoms with Crippen molar-refractivity contribution in [2.24, 2.45) is 5.92 Å². The van der Waals surface area contributed by atoms with E-state index in [4.69, 9.17) is 4.74 Å². The van der Waals surface area contributed by atoms with E-state index in [0.29, 0.717) is 17.2 Å². The summed E-state index contributed by atoms with van der Waals surface area (Å²) in [5.74, 6) is 1.13. The Labute approximate surface area is 116 Å². The summed E-state index contributed by atoms with van der Waals surface area (Å²) in [6.45, 7) is 7.30. The Morgan fingerprint density at radius 2 is 2.00 bits per heavy atom. The highest BCUT2D eigenvalue weighted by atomic mass is 19.1. The number of methoxy groups -OCH3 is 1. The molecule has 0 fully saturated rings. The standard InChI is InChI=1S/C16H26FNO/c1-5-18-14(10-6-8-12(2)3)16-13(17)9-7-11-15(16)19-4/h7,9,11-12,14,18H,5-6,8,10H2,1-4H3. The second-order valence-electron chi connectivity index (χ2n) is 5.29. The average Bonchev–Trinajstić information content (AvgIpc) is 2.37. The molecule has 0 aromatic heterocycles. The van der Waals surface area contributed by atoms with Gasteiger partial charge in [0.1, 0.15) is 11.6 Å². The van der Waals surface area contributed by atoms with Crippen LogP contribution in [0.1, 0.15) is 51.6 Å². The van der Waals surface area contributed by atoms with E-state index in [2.05, 4.69) is 19.2 Å². The van der Waals surface area contributed by atoms with Crippen molar-refractivity contribution in [2.75, 3.05) is 13.7 Å². The van der Waals surface area contributed by atoms with Crippen molar-refractivity contribution >= 4 is 0 Å². The van der Waals surface area contributed by atoms with Gasteiger partial charge in [0.2, 0.25) is 0 Å². The lowest BCUT2D eigenvalue weighted by atomic mass is 9.97. The molecular formula is C16H26FNO. The maximum absolute atomic E-state index is 14.1. The van der Waals surface area contributed by atoms with Crippen LogP contribution in [0.2, 0.25) is 0 Å². The van der Waals surface area contributed by atoms with Crippen LogP contribution < -0.4 is 10.1 Å². The summed E-state index contributed by atoms with van der Waals surface area (Å²) in [6, 6.07) is 5.05. The summed E-state index contributed by atoms with van der Waals surface area (Å²) in [6.07, 6.45) is 3.19. The Bertz CT molecular complexity index is 379. The molecule has 2 nitrogen and oxygen atoms in total. The average molecular weight is 267 g/mol. The minimum atomic E-state index is -0.185. The predicted molar refractivity (Wildman–Crippen MR) is 78.1 cm³/mol. The molecule has 0 saturated heterocycles. The van der Waals surface area contributed by atoms with Crippen molar-refractivity contribution < 1.29 is 9.13 Å². The lowest BCUT2D eigenvalue weighted by Gasteiger charge is -2.21. The zero-order valence-electron chi connectivity index (χ0n) is 12.5. The summed E-state index contributed by atoms with van der Waals surface area (Å²) < 4.78 is 19.4. The lowest BCUT2D eigenvalue weighted by Crippen LogP contribution is -2.22. The molecule has 0 aliphatic carbocycles. The van der Waals surface area contributed by atoms with Gasteiger partial charge in [-0.3, -0.25) is 0 Å². The van der Waals surface area contributed by atoms with E-state index in [1.54, 1.807) is 13.2 Å². The number of rotatable bonds is 8. The summed E-state index contributed by atoms with van der Waals surface area (Å²) in [7, 11) is 1.59. The first-order valence-corrected chi connectivity index (χ1v) is 7.15. The molecule has 0 aliphatic heterocycles. The summed E-state index contributed by atoms with van der Waals surface area (Å²) in [5.41, 5.74) is 0.663. The number of benzene rings is 1. The maximum Gasteiger partial charge on any atom is 0.131 e. The van der Waals surface area contributed by atoms with E-state index in [-0.39, 0.29) is 11.9 Å². The summed E-state index contributed by atoms with van der Waals surface area (Å²) in [5, 5.41) is 3.37. The first-order chi connectivity index (χ1) is 9.10. The highest BCUT2D eigenvalue weighted by Gasteiger charge is 2.19. The molecule has 1 rings (SSSR count). The molecule has 0 aliphatic rings. The Morgan fingerprint density at radius 1 is 1.26 bits per heavy atom. The topological polar surface area (TPSA) is 21.3 Å². The number of ether oxygens (including phenoxy) is 1. The molecule has 0 saturated carbocycles. The number of halogens is 1. The Morgan fingerprint density at radius 3 is 2.58 bits per heavy atom. The van der Waals surface area contributed by atoms with Crippen LogP contribution in [-0.4, -0.2) is 13.7 Å². The zero-order chi connectivity index (χ0) is 14.3. The van der Waals surface area contributed by atoms with Crippen molar-refractivity contribution in [2.45, 2.75) is 46.1 Å². The van der Waals surface area contributed by atoms with Crippen LogP contribution in [0.4, 0.5) is 4.39 Å². The summed E-state index contributed by atoms with van der Waals surface area (Å²) >= 11 is 0. The van der Waals surface area contributed by atoms with Crippen molar-refractivity contribution in [3.8, 4) is 5.75 Å². The molecule has 1 N–H and O–H groups in total. The van der Waals surface area contributed by atoms with E-state index in [1.807, 2.05) is 13.0 Å². The van der Waals surface area contributed by atoms with Gasteiger partial charge >= 0.3 is 0 Å². The molecule has 0 bridgehead atoms. The third-order valence-electron chi connectivity index (χ3n) is 3.31. The van der Waals surface area contributed by atoms with Crippen LogP contribution >= 0.6 is 0 Å². The van der Waals surface area contributed by atoms with Gasteiger partial charge in [-0.15, -0.1) is 0 Å². The van der Waals surface area contributed by atoms with Crippen LogP contribution in [0.5, 0.6) is 5.75 Å². The fourth-order valence-electron chi connectivity index (χ4n) is 2.36. The highest BCUT2D eigenvalue weighted by Crippen LogP contribution is 2.31. The van der Waals surface area contributed by atoms with Gasteiger partial charge in [-0.05, 0) is 31.0 Å². The van der Waals surface area contributed by atoms with Crippen molar-refractivity contribution in [1.82, 2.24) is 5.32 Å². The molecule has 19 heavy (non-hydrogen) atoms. The van der Waals surface area contributed by atoms with Gasteiger partial charge < -0.3 is 10.1 Å². The Hall–Kier alpha value is -1.09. The molecule has 1 aromatic carbocycles. The minimum absolute atomic E-state index is 0.0277. The van der Waals surface area contributed by atoms with Gasteiger partial charge in [0.05, 0.1) is 7.11 Å². The van der Waals surface area contributed by atoms with E-state index in [1.165, 1.54) is 12.5 Å². The van der Waals surface area contributed by atoms with Gasteiger partial charge in [-0.2, -0.15) is 0 Å². The number of hydrogen-bond acceptors (Lipinski definition) is 2. The molecule has 0 spiro atoms. The first kappa shape index (κ1) is 16.0. The van der Waals surface area contributed by atoms with Gasteiger partial charge in [0.25, 0.3) is 0 Å². The van der Waals surface area contributed by atoms with E-state index in [9.17, 15) is 4.39 Å². The SMILES string of the molecule is CCNC(CCCC(C)C)c1c(F)cccc1OC. The van der Waals surface area contributed by atoms with E-state index >= 15 is 0 Å². The van der Waals surface area contributed by atoms with Crippen LogP contribution in [0, 0.1) is 11.7 Å². The van der Waals surface area contributed by atoms with Crippen molar-refractivity contribution in [3.63, 3.8) is 0 Å². The van der Waals surface area contributed by atoms with Crippen LogP contribution in [-0.2, 0) is 0 Å². The van der Waals surface area contributed by atoms with Gasteiger partial charge in [-0.1, -0.05) is 39.7 Å². The largest absolute Gasteiger partial charge is 0.496 e. The molecule has 3 heteroatoms. The van der Waals surface area contributed by atoms with Crippen LogP contribution in [0.25, 0.3) is 0 Å². The second kappa shape index (κ2) is 8.16. The molecule has 0 heterocycles. The smallest absolute Gasteiger partial charge is 0.131 e. The lowest BCUT2D eigenvalue weighted by molar-refractivity contribution is 0.380. The van der Waals surface area contributed by atoms with Gasteiger partial charge in [0, 0.05) is 11.6 Å². The van der Waals surface area contributed by atoms with Crippen molar-refractivity contribution in [1.29, 1.82) is 0 Å². The Kier molecular flexibility index (Phi) is 6.85. The van der Waals surface area contributed by atoms with Crippen LogP contribution in [0.15, 0.2) is 18.2 Å². The first-order valence-electron chi connectivity index (χ1n) is 7.15. The zero-order valence-corrected chi connectivity index (χ0v) is 12.5. The van der Waals surface area contributed by atoms with E-state index < -0.39 is 0 Å². The predicted octanol–water partition coefficient (Wildman–Crippen LogP) is 4.31. The summed E-state index contributed by atoms with van der Waals surface area (Å²) in [4.78, 5) is 0. The van der Waals surface area contributed by atoms with E-state index in [0.717, 1.165) is 19.4 Å². The van der Waals surface area contributed by atoms with Gasteiger partial charge in [-0.25, -0.2) is 4.39 Å². The molecule has 0 amide bonds. The quantitative estimate of drug-likeness (QED) is 0.757. The van der Waals surface area contributed by atoms with Gasteiger partial charge in [0.15, 0.2) is 0 Å². The minimum Gasteiger partial charge on any atom is -0.496 e. The third-order valence-corrected chi connectivity index (χ3v) is 3.31. The molecule has 1 aromatic rings. The molecular weight excluding hydrogens is 241 g/mol. The fraction of sp³-hybridized carbons (Fsp3) is 0.625. The number of nitrogens with one attached hydrogen (secondary N) is 1. The van der Waals surface area contributed by atoms with Crippen molar-refractivity contribution in [3.05, 3.63) is 29.6 Å². The number of hydrogen-bond donors (Lipinski definition) is 1. The Balaban J connectivity index is 2.85. The third kappa shape index (κ3) is 4.83. The normalized spacial score (nSPS) is 12.7.